The Bertz CT molecular complexity index is 597. The zero-order valence-electron chi connectivity index (χ0n) is 15.3. The van der Waals surface area contributed by atoms with Crippen molar-refractivity contribution < 1.29 is 5.11 Å². The number of aromatic nitrogens is 2. The van der Waals surface area contributed by atoms with Gasteiger partial charge in [0.25, 0.3) is 0 Å². The van der Waals surface area contributed by atoms with Crippen molar-refractivity contribution in [2.24, 2.45) is 11.8 Å². The maximum atomic E-state index is 10.8. The first-order chi connectivity index (χ1) is 12.0. The lowest BCUT2D eigenvalue weighted by atomic mass is 9.77. The lowest BCUT2D eigenvalue weighted by Gasteiger charge is -2.44. The SMILES string of the molecule is Cc1cc(N)nc(N2C[C@H]3C[C@@H](N4CCN(C)CC4)[C@H](O)C[C@H]3C2)n1. The van der Waals surface area contributed by atoms with Crippen molar-refractivity contribution >= 4 is 11.8 Å². The van der Waals surface area contributed by atoms with E-state index in [0.717, 1.165) is 63.8 Å². The van der Waals surface area contributed by atoms with E-state index in [0.29, 0.717) is 23.7 Å². The van der Waals surface area contributed by atoms with Crippen molar-refractivity contribution in [1.82, 2.24) is 19.8 Å². The number of piperazine rings is 1. The molecule has 25 heavy (non-hydrogen) atoms. The molecule has 1 aromatic heterocycles. The zero-order valence-corrected chi connectivity index (χ0v) is 15.3. The summed E-state index contributed by atoms with van der Waals surface area (Å²) in [4.78, 5) is 16.1. The van der Waals surface area contributed by atoms with Crippen molar-refractivity contribution in [2.75, 3.05) is 56.9 Å². The average molecular weight is 346 g/mol. The number of hydrogen-bond donors (Lipinski definition) is 2. The number of aliphatic hydroxyl groups is 1. The number of fused-ring (bicyclic) bond motifs is 1. The molecule has 2 saturated heterocycles. The van der Waals surface area contributed by atoms with Gasteiger partial charge in [-0.25, -0.2) is 4.98 Å². The van der Waals surface area contributed by atoms with Crippen molar-refractivity contribution in [3.05, 3.63) is 11.8 Å². The van der Waals surface area contributed by atoms with E-state index in [1.165, 1.54) is 0 Å². The van der Waals surface area contributed by atoms with Gasteiger partial charge in [0.2, 0.25) is 5.95 Å². The van der Waals surface area contributed by atoms with Crippen molar-refractivity contribution in [3.63, 3.8) is 0 Å². The van der Waals surface area contributed by atoms with E-state index in [9.17, 15) is 5.11 Å². The molecule has 3 heterocycles. The van der Waals surface area contributed by atoms with Gasteiger partial charge in [0.1, 0.15) is 5.82 Å². The molecule has 7 heteroatoms. The molecule has 0 unspecified atom stereocenters. The van der Waals surface area contributed by atoms with E-state index < -0.39 is 0 Å². The van der Waals surface area contributed by atoms with Gasteiger partial charge in [0, 0.05) is 57.1 Å². The number of hydrogen-bond acceptors (Lipinski definition) is 7. The van der Waals surface area contributed by atoms with Crippen LogP contribution in [0.5, 0.6) is 0 Å². The van der Waals surface area contributed by atoms with Crippen LogP contribution in [-0.4, -0.2) is 83.3 Å². The number of aryl methyl sites for hydroxylation is 1. The van der Waals surface area contributed by atoms with E-state index in [4.69, 9.17) is 5.73 Å². The number of nitrogens with zero attached hydrogens (tertiary/aromatic N) is 5. The van der Waals surface area contributed by atoms with Crippen LogP contribution in [0.3, 0.4) is 0 Å². The predicted octanol–water partition coefficient (Wildman–Crippen LogP) is 0.190. The summed E-state index contributed by atoms with van der Waals surface area (Å²) in [5.74, 6) is 2.42. The Morgan fingerprint density at radius 2 is 1.76 bits per heavy atom. The summed E-state index contributed by atoms with van der Waals surface area (Å²) in [6.07, 6.45) is 1.75. The Labute approximate surface area is 149 Å². The third-order valence-corrected chi connectivity index (χ3v) is 6.26. The molecule has 3 aliphatic rings. The summed E-state index contributed by atoms with van der Waals surface area (Å²) < 4.78 is 0. The van der Waals surface area contributed by atoms with Gasteiger partial charge in [-0.2, -0.15) is 4.98 Å². The predicted molar refractivity (Wildman–Crippen MR) is 98.5 cm³/mol. The van der Waals surface area contributed by atoms with Crippen molar-refractivity contribution in [1.29, 1.82) is 0 Å². The third kappa shape index (κ3) is 3.45. The van der Waals surface area contributed by atoms with Crippen LogP contribution in [0.15, 0.2) is 6.07 Å². The first-order valence-corrected chi connectivity index (χ1v) is 9.46. The molecule has 0 spiro atoms. The standard InChI is InChI=1S/C18H30N6O/c1-12-7-17(19)21-18(20-12)24-10-13-8-15(16(25)9-14(13)11-24)23-5-3-22(2)4-6-23/h7,13-16,25H,3-6,8-11H2,1-2H3,(H2,19,20,21)/t13-,14+,15-,16-/m1/s1. The van der Waals surface area contributed by atoms with Gasteiger partial charge in [0.15, 0.2) is 0 Å². The summed E-state index contributed by atoms with van der Waals surface area (Å²) in [7, 11) is 2.17. The van der Waals surface area contributed by atoms with Crippen LogP contribution in [-0.2, 0) is 0 Å². The molecule has 4 rings (SSSR count). The fraction of sp³-hybridized carbons (Fsp3) is 0.778. The smallest absolute Gasteiger partial charge is 0.227 e. The number of nitrogen functional groups attached to an aromatic ring is 1. The summed E-state index contributed by atoms with van der Waals surface area (Å²) in [5.41, 5.74) is 6.81. The van der Waals surface area contributed by atoms with E-state index >= 15 is 0 Å². The van der Waals surface area contributed by atoms with Crippen LogP contribution >= 0.6 is 0 Å². The molecular formula is C18H30N6O. The van der Waals surface area contributed by atoms with E-state index in [-0.39, 0.29) is 6.10 Å². The van der Waals surface area contributed by atoms with Crippen LogP contribution in [0.2, 0.25) is 0 Å². The largest absolute Gasteiger partial charge is 0.391 e. The molecule has 0 radical (unpaired) electrons. The maximum absolute atomic E-state index is 10.8. The highest BCUT2D eigenvalue weighted by Gasteiger charge is 2.44. The zero-order chi connectivity index (χ0) is 17.6. The number of aliphatic hydroxyl groups excluding tert-OH is 1. The van der Waals surface area contributed by atoms with Gasteiger partial charge in [-0.3, -0.25) is 4.90 Å². The second kappa shape index (κ2) is 6.70. The summed E-state index contributed by atoms with van der Waals surface area (Å²) in [6.45, 7) is 8.19. The molecule has 1 aliphatic carbocycles. The van der Waals surface area contributed by atoms with E-state index in [2.05, 4.69) is 31.7 Å². The molecule has 0 amide bonds. The van der Waals surface area contributed by atoms with E-state index in [1.807, 2.05) is 6.92 Å². The molecule has 138 valence electrons. The highest BCUT2D eigenvalue weighted by atomic mass is 16.3. The van der Waals surface area contributed by atoms with Gasteiger partial charge < -0.3 is 20.6 Å². The van der Waals surface area contributed by atoms with Crippen molar-refractivity contribution in [3.8, 4) is 0 Å². The first kappa shape index (κ1) is 17.0. The summed E-state index contributed by atoms with van der Waals surface area (Å²) in [5, 5.41) is 10.8. The van der Waals surface area contributed by atoms with Gasteiger partial charge in [-0.15, -0.1) is 0 Å². The molecule has 1 aromatic rings. The lowest BCUT2D eigenvalue weighted by Crippen LogP contribution is -2.55. The van der Waals surface area contributed by atoms with Crippen molar-refractivity contribution in [2.45, 2.75) is 31.9 Å². The second-order valence-electron chi connectivity index (χ2n) is 8.10. The fourth-order valence-electron chi connectivity index (χ4n) is 4.83. The normalized spacial score (nSPS) is 34.3. The van der Waals surface area contributed by atoms with Crippen LogP contribution in [0.25, 0.3) is 0 Å². The number of anilines is 2. The Hall–Kier alpha value is -1.44. The van der Waals surface area contributed by atoms with Gasteiger partial charge in [0.05, 0.1) is 6.10 Å². The summed E-state index contributed by atoms with van der Waals surface area (Å²) in [6, 6.07) is 2.11. The van der Waals surface area contributed by atoms with Crippen LogP contribution in [0.1, 0.15) is 18.5 Å². The molecule has 0 bridgehead atoms. The number of likely N-dealkylation sites (N-methyl/N-ethyl adjacent to an activating group) is 1. The maximum Gasteiger partial charge on any atom is 0.227 e. The Morgan fingerprint density at radius 3 is 2.44 bits per heavy atom. The number of nitrogens with two attached hydrogens (primary N) is 1. The Kier molecular flexibility index (Phi) is 4.56. The topological polar surface area (TPSA) is 81.8 Å². The minimum absolute atomic E-state index is 0.215. The number of rotatable bonds is 2. The summed E-state index contributed by atoms with van der Waals surface area (Å²) >= 11 is 0. The molecule has 2 aliphatic heterocycles. The molecular weight excluding hydrogens is 316 g/mol. The van der Waals surface area contributed by atoms with Gasteiger partial charge in [-0.1, -0.05) is 0 Å². The monoisotopic (exact) mass is 346 g/mol. The third-order valence-electron chi connectivity index (χ3n) is 6.26. The minimum Gasteiger partial charge on any atom is -0.391 e. The molecule has 0 aromatic carbocycles. The molecule has 3 N–H and O–H groups in total. The molecule has 1 saturated carbocycles. The minimum atomic E-state index is -0.215. The first-order valence-electron chi connectivity index (χ1n) is 9.46. The second-order valence-corrected chi connectivity index (χ2v) is 8.10. The van der Waals surface area contributed by atoms with E-state index in [1.54, 1.807) is 6.07 Å². The average Bonchev–Trinajstić information content (AvgIpc) is 2.97. The molecule has 3 fully saturated rings. The highest BCUT2D eigenvalue weighted by Crippen LogP contribution is 2.39. The lowest BCUT2D eigenvalue weighted by molar-refractivity contribution is -0.0249. The van der Waals surface area contributed by atoms with Crippen LogP contribution in [0, 0.1) is 18.8 Å². The quantitative estimate of drug-likeness (QED) is 0.791. The fourth-order valence-corrected chi connectivity index (χ4v) is 4.83. The van der Waals surface area contributed by atoms with Crippen LogP contribution in [0.4, 0.5) is 11.8 Å². The van der Waals surface area contributed by atoms with Gasteiger partial charge in [-0.05, 0) is 38.6 Å². The molecule has 4 atom stereocenters. The Morgan fingerprint density at radius 1 is 1.08 bits per heavy atom. The van der Waals surface area contributed by atoms with Gasteiger partial charge >= 0.3 is 0 Å². The van der Waals surface area contributed by atoms with Crippen LogP contribution < -0.4 is 10.6 Å². The Balaban J connectivity index is 1.44. The highest BCUT2D eigenvalue weighted by molar-refractivity contribution is 5.41. The molecule has 7 nitrogen and oxygen atoms in total.